The SMILES string of the molecule is CN1CC(CCN)N(Cc2ccccn2)CC1(C)C. The van der Waals surface area contributed by atoms with E-state index >= 15 is 0 Å². The van der Waals surface area contributed by atoms with Crippen LogP contribution in [-0.4, -0.2) is 53.0 Å². The van der Waals surface area contributed by atoms with E-state index in [4.69, 9.17) is 5.73 Å². The molecule has 2 N–H and O–H groups in total. The Bertz CT molecular complexity index is 390. The van der Waals surface area contributed by atoms with E-state index in [9.17, 15) is 0 Å². The second-order valence-corrected chi connectivity index (χ2v) is 6.15. The molecule has 1 saturated heterocycles. The Labute approximate surface area is 116 Å². The molecule has 0 bridgehead atoms. The monoisotopic (exact) mass is 262 g/mol. The Balaban J connectivity index is 2.10. The van der Waals surface area contributed by atoms with Crippen molar-refractivity contribution in [2.24, 2.45) is 5.73 Å². The van der Waals surface area contributed by atoms with Gasteiger partial charge in [0, 0.05) is 37.4 Å². The highest BCUT2D eigenvalue weighted by Gasteiger charge is 2.36. The van der Waals surface area contributed by atoms with Gasteiger partial charge in [0.25, 0.3) is 0 Å². The van der Waals surface area contributed by atoms with Crippen LogP contribution in [0.4, 0.5) is 0 Å². The zero-order chi connectivity index (χ0) is 13.9. The van der Waals surface area contributed by atoms with Gasteiger partial charge < -0.3 is 5.73 Å². The van der Waals surface area contributed by atoms with Gasteiger partial charge in [-0.3, -0.25) is 14.8 Å². The molecule has 0 amide bonds. The lowest BCUT2D eigenvalue weighted by Gasteiger charge is -2.49. The van der Waals surface area contributed by atoms with Crippen LogP contribution in [0.15, 0.2) is 24.4 Å². The van der Waals surface area contributed by atoms with Gasteiger partial charge in [-0.1, -0.05) is 6.07 Å². The van der Waals surface area contributed by atoms with Crippen LogP contribution in [0.25, 0.3) is 0 Å². The Morgan fingerprint density at radius 1 is 1.42 bits per heavy atom. The Kier molecular flexibility index (Phi) is 4.55. The van der Waals surface area contributed by atoms with Crippen molar-refractivity contribution in [2.75, 3.05) is 26.7 Å². The highest BCUT2D eigenvalue weighted by molar-refractivity contribution is 5.05. The molecular weight excluding hydrogens is 236 g/mol. The average Bonchev–Trinajstić information content (AvgIpc) is 2.37. The van der Waals surface area contributed by atoms with E-state index in [0.29, 0.717) is 6.04 Å². The number of hydrogen-bond acceptors (Lipinski definition) is 4. The molecule has 2 heterocycles. The topological polar surface area (TPSA) is 45.4 Å². The maximum absolute atomic E-state index is 5.77. The number of nitrogens with two attached hydrogens (primary N) is 1. The van der Waals surface area contributed by atoms with Gasteiger partial charge in [0.2, 0.25) is 0 Å². The van der Waals surface area contributed by atoms with Gasteiger partial charge in [-0.2, -0.15) is 0 Å². The summed E-state index contributed by atoms with van der Waals surface area (Å²) in [6, 6.07) is 6.66. The first-order valence-electron chi connectivity index (χ1n) is 7.08. The second-order valence-electron chi connectivity index (χ2n) is 6.15. The average molecular weight is 262 g/mol. The van der Waals surface area contributed by atoms with E-state index < -0.39 is 0 Å². The molecule has 1 atom stereocenters. The normalized spacial score (nSPS) is 24.5. The maximum Gasteiger partial charge on any atom is 0.0544 e. The van der Waals surface area contributed by atoms with Gasteiger partial charge in [-0.25, -0.2) is 0 Å². The summed E-state index contributed by atoms with van der Waals surface area (Å²) < 4.78 is 0. The molecule has 1 unspecified atom stereocenters. The fourth-order valence-corrected chi connectivity index (χ4v) is 2.78. The molecule has 0 spiro atoms. The van der Waals surface area contributed by atoms with Crippen LogP contribution in [0.2, 0.25) is 0 Å². The van der Waals surface area contributed by atoms with E-state index in [2.05, 4.69) is 47.8 Å². The fourth-order valence-electron chi connectivity index (χ4n) is 2.78. The van der Waals surface area contributed by atoms with Crippen molar-refractivity contribution in [2.45, 2.75) is 38.4 Å². The van der Waals surface area contributed by atoms with E-state index in [1.807, 2.05) is 12.3 Å². The molecule has 0 aromatic carbocycles. The summed E-state index contributed by atoms with van der Waals surface area (Å²) in [6.07, 6.45) is 2.92. The third-order valence-electron chi connectivity index (χ3n) is 4.22. The predicted molar refractivity (Wildman–Crippen MR) is 78.8 cm³/mol. The van der Waals surface area contributed by atoms with E-state index in [1.165, 1.54) is 0 Å². The Morgan fingerprint density at radius 3 is 2.84 bits per heavy atom. The minimum absolute atomic E-state index is 0.208. The number of nitrogens with zero attached hydrogens (tertiary/aromatic N) is 3. The number of aromatic nitrogens is 1. The second kappa shape index (κ2) is 5.99. The molecular formula is C15H26N4. The molecule has 0 aliphatic carbocycles. The molecule has 1 aliphatic rings. The number of hydrogen-bond donors (Lipinski definition) is 1. The van der Waals surface area contributed by atoms with Crippen molar-refractivity contribution in [3.63, 3.8) is 0 Å². The van der Waals surface area contributed by atoms with Gasteiger partial charge in [0.1, 0.15) is 0 Å². The molecule has 2 rings (SSSR count). The van der Waals surface area contributed by atoms with Crippen LogP contribution >= 0.6 is 0 Å². The van der Waals surface area contributed by atoms with Crippen molar-refractivity contribution < 1.29 is 0 Å². The maximum atomic E-state index is 5.77. The van der Waals surface area contributed by atoms with Crippen LogP contribution < -0.4 is 5.73 Å². The van der Waals surface area contributed by atoms with Gasteiger partial charge >= 0.3 is 0 Å². The van der Waals surface area contributed by atoms with Crippen molar-refractivity contribution in [1.82, 2.24) is 14.8 Å². The molecule has 4 nitrogen and oxygen atoms in total. The quantitative estimate of drug-likeness (QED) is 0.889. The third-order valence-corrected chi connectivity index (χ3v) is 4.22. The molecule has 1 fully saturated rings. The first-order valence-corrected chi connectivity index (χ1v) is 7.08. The largest absolute Gasteiger partial charge is 0.330 e. The van der Waals surface area contributed by atoms with Gasteiger partial charge in [-0.15, -0.1) is 0 Å². The van der Waals surface area contributed by atoms with Crippen molar-refractivity contribution in [3.8, 4) is 0 Å². The summed E-state index contributed by atoms with van der Waals surface area (Å²) in [5.41, 5.74) is 7.12. The third kappa shape index (κ3) is 3.53. The highest BCUT2D eigenvalue weighted by atomic mass is 15.3. The number of rotatable bonds is 4. The number of piperazine rings is 1. The highest BCUT2D eigenvalue weighted by Crippen LogP contribution is 2.25. The van der Waals surface area contributed by atoms with E-state index in [0.717, 1.165) is 38.3 Å². The minimum atomic E-state index is 0.208. The lowest BCUT2D eigenvalue weighted by molar-refractivity contribution is -0.00838. The molecule has 0 radical (unpaired) electrons. The van der Waals surface area contributed by atoms with Crippen LogP contribution in [0, 0.1) is 0 Å². The van der Waals surface area contributed by atoms with Gasteiger partial charge in [0.05, 0.1) is 5.69 Å². The standard InChI is InChI=1S/C15H26N4/c1-15(2)12-19(10-13-6-4-5-9-17-13)14(7-8-16)11-18(15)3/h4-6,9,14H,7-8,10-12,16H2,1-3H3. The lowest BCUT2D eigenvalue weighted by atomic mass is 9.94. The van der Waals surface area contributed by atoms with E-state index in [1.54, 1.807) is 0 Å². The van der Waals surface area contributed by atoms with Gasteiger partial charge in [-0.05, 0) is 46.0 Å². The zero-order valence-electron chi connectivity index (χ0n) is 12.3. The zero-order valence-corrected chi connectivity index (χ0v) is 12.3. The van der Waals surface area contributed by atoms with Crippen molar-refractivity contribution in [1.29, 1.82) is 0 Å². The fraction of sp³-hybridized carbons (Fsp3) is 0.667. The predicted octanol–water partition coefficient (Wildman–Crippen LogP) is 1.33. The Hall–Kier alpha value is -0.970. The molecule has 4 heteroatoms. The first-order chi connectivity index (χ1) is 9.03. The number of pyridine rings is 1. The first kappa shape index (κ1) is 14.4. The molecule has 1 aliphatic heterocycles. The van der Waals surface area contributed by atoms with Crippen molar-refractivity contribution in [3.05, 3.63) is 30.1 Å². The molecule has 1 aromatic rings. The van der Waals surface area contributed by atoms with Crippen molar-refractivity contribution >= 4 is 0 Å². The van der Waals surface area contributed by atoms with Gasteiger partial charge in [0.15, 0.2) is 0 Å². The Morgan fingerprint density at radius 2 is 2.21 bits per heavy atom. The van der Waals surface area contributed by atoms with Crippen LogP contribution in [-0.2, 0) is 6.54 Å². The smallest absolute Gasteiger partial charge is 0.0544 e. The summed E-state index contributed by atoms with van der Waals surface area (Å²) >= 11 is 0. The van der Waals surface area contributed by atoms with Crippen LogP contribution in [0.5, 0.6) is 0 Å². The minimum Gasteiger partial charge on any atom is -0.330 e. The summed E-state index contributed by atoms with van der Waals surface area (Å²) in [6.45, 7) is 8.41. The van der Waals surface area contributed by atoms with E-state index in [-0.39, 0.29) is 5.54 Å². The van der Waals surface area contributed by atoms with Crippen LogP contribution in [0.1, 0.15) is 26.0 Å². The summed E-state index contributed by atoms with van der Waals surface area (Å²) in [5.74, 6) is 0. The van der Waals surface area contributed by atoms with Crippen LogP contribution in [0.3, 0.4) is 0 Å². The molecule has 0 saturated carbocycles. The molecule has 1 aromatic heterocycles. The summed E-state index contributed by atoms with van der Waals surface area (Å²) in [4.78, 5) is 9.43. The molecule has 106 valence electrons. The lowest BCUT2D eigenvalue weighted by Crippen LogP contribution is -2.61. The number of likely N-dealkylation sites (N-methyl/N-ethyl adjacent to an activating group) is 1. The summed E-state index contributed by atoms with van der Waals surface area (Å²) in [7, 11) is 2.21. The summed E-state index contributed by atoms with van der Waals surface area (Å²) in [5, 5.41) is 0. The molecule has 19 heavy (non-hydrogen) atoms.